The SMILES string of the molecule is CN(C)CCN(Cc1ccc(F)cc1)C(=O)c1ccc(F)c(S(=O)(=O)N2CCCCC2)c1. The van der Waals surface area contributed by atoms with E-state index in [4.69, 9.17) is 0 Å². The normalized spacial score (nSPS) is 15.2. The van der Waals surface area contributed by atoms with E-state index in [-0.39, 0.29) is 17.9 Å². The van der Waals surface area contributed by atoms with Crippen LogP contribution in [0.25, 0.3) is 0 Å². The Bertz CT molecular complexity index is 1040. The molecule has 0 unspecified atom stereocenters. The molecule has 0 atom stereocenters. The molecule has 0 saturated carbocycles. The van der Waals surface area contributed by atoms with Gasteiger partial charge in [-0.25, -0.2) is 17.2 Å². The zero-order valence-corrected chi connectivity index (χ0v) is 19.2. The molecule has 174 valence electrons. The summed E-state index contributed by atoms with van der Waals surface area (Å²) in [5.74, 6) is -1.65. The molecule has 1 saturated heterocycles. The number of likely N-dealkylation sites (N-methyl/N-ethyl adjacent to an activating group) is 1. The van der Waals surface area contributed by atoms with Crippen LogP contribution in [0.5, 0.6) is 0 Å². The number of hydrogen-bond donors (Lipinski definition) is 0. The summed E-state index contributed by atoms with van der Waals surface area (Å²) in [6.07, 6.45) is 2.40. The summed E-state index contributed by atoms with van der Waals surface area (Å²) in [5.41, 5.74) is 0.838. The molecule has 32 heavy (non-hydrogen) atoms. The summed E-state index contributed by atoms with van der Waals surface area (Å²) in [6, 6.07) is 9.32. The van der Waals surface area contributed by atoms with Crippen molar-refractivity contribution in [1.29, 1.82) is 0 Å². The van der Waals surface area contributed by atoms with Gasteiger partial charge in [0, 0.05) is 38.3 Å². The highest BCUT2D eigenvalue weighted by Crippen LogP contribution is 2.25. The smallest absolute Gasteiger partial charge is 0.254 e. The van der Waals surface area contributed by atoms with Crippen molar-refractivity contribution in [1.82, 2.24) is 14.1 Å². The Kier molecular flexibility index (Phi) is 7.97. The number of amides is 1. The lowest BCUT2D eigenvalue weighted by Crippen LogP contribution is -2.37. The third-order valence-electron chi connectivity index (χ3n) is 5.50. The molecule has 6 nitrogen and oxygen atoms in total. The van der Waals surface area contributed by atoms with Crippen molar-refractivity contribution < 1.29 is 22.0 Å². The Morgan fingerprint density at radius 1 is 0.969 bits per heavy atom. The predicted octanol–water partition coefficient (Wildman–Crippen LogP) is 3.34. The van der Waals surface area contributed by atoms with Crippen LogP contribution in [-0.2, 0) is 16.6 Å². The van der Waals surface area contributed by atoms with Gasteiger partial charge in [0.05, 0.1) is 0 Å². The number of piperidine rings is 1. The molecule has 0 aliphatic carbocycles. The van der Waals surface area contributed by atoms with E-state index in [1.54, 1.807) is 17.0 Å². The first-order valence-electron chi connectivity index (χ1n) is 10.7. The fourth-order valence-corrected chi connectivity index (χ4v) is 5.25. The van der Waals surface area contributed by atoms with Gasteiger partial charge in [0.25, 0.3) is 5.91 Å². The summed E-state index contributed by atoms with van der Waals surface area (Å²) in [5, 5.41) is 0. The second-order valence-corrected chi connectivity index (χ2v) is 10.2. The highest BCUT2D eigenvalue weighted by molar-refractivity contribution is 7.89. The molecular formula is C23H29F2N3O3S. The van der Waals surface area contributed by atoms with Crippen LogP contribution in [0.4, 0.5) is 8.78 Å². The highest BCUT2D eigenvalue weighted by atomic mass is 32.2. The van der Waals surface area contributed by atoms with E-state index in [0.29, 0.717) is 26.2 Å². The molecule has 0 bridgehead atoms. The lowest BCUT2D eigenvalue weighted by atomic mass is 10.1. The number of hydrogen-bond acceptors (Lipinski definition) is 4. The molecule has 0 radical (unpaired) electrons. The van der Waals surface area contributed by atoms with Crippen LogP contribution in [0.3, 0.4) is 0 Å². The van der Waals surface area contributed by atoms with E-state index >= 15 is 0 Å². The topological polar surface area (TPSA) is 60.9 Å². The Balaban J connectivity index is 1.89. The van der Waals surface area contributed by atoms with Gasteiger partial charge in [-0.1, -0.05) is 18.6 Å². The second kappa shape index (κ2) is 10.5. The number of nitrogens with zero attached hydrogens (tertiary/aromatic N) is 3. The van der Waals surface area contributed by atoms with E-state index in [1.165, 1.54) is 22.5 Å². The van der Waals surface area contributed by atoms with Crippen LogP contribution in [0.15, 0.2) is 47.4 Å². The van der Waals surface area contributed by atoms with Crippen molar-refractivity contribution in [2.45, 2.75) is 30.7 Å². The molecule has 1 heterocycles. The van der Waals surface area contributed by atoms with Crippen LogP contribution in [0.2, 0.25) is 0 Å². The van der Waals surface area contributed by atoms with Crippen molar-refractivity contribution >= 4 is 15.9 Å². The average molecular weight is 466 g/mol. The number of carbonyl (C=O) groups is 1. The lowest BCUT2D eigenvalue weighted by Gasteiger charge is -2.27. The minimum atomic E-state index is -4.03. The molecule has 1 fully saturated rings. The number of benzene rings is 2. The molecule has 9 heteroatoms. The summed E-state index contributed by atoms with van der Waals surface area (Å²) < 4.78 is 55.1. The largest absolute Gasteiger partial charge is 0.333 e. The maximum Gasteiger partial charge on any atom is 0.254 e. The monoisotopic (exact) mass is 465 g/mol. The minimum Gasteiger partial charge on any atom is -0.333 e. The standard InChI is InChI=1S/C23H29F2N3O3S/c1-26(2)14-15-27(17-18-6-9-20(24)10-7-18)23(29)19-8-11-21(25)22(16-19)32(30,31)28-12-4-3-5-13-28/h6-11,16H,3-5,12-15,17H2,1-2H3. The number of carbonyl (C=O) groups excluding carboxylic acids is 1. The minimum absolute atomic E-state index is 0.0999. The maximum absolute atomic E-state index is 14.6. The van der Waals surface area contributed by atoms with Gasteiger partial charge in [-0.3, -0.25) is 4.79 Å². The van der Waals surface area contributed by atoms with Crippen LogP contribution in [0, 0.1) is 11.6 Å². The second-order valence-electron chi connectivity index (χ2n) is 8.27. The van der Waals surface area contributed by atoms with Crippen molar-refractivity contribution in [3.05, 3.63) is 65.2 Å². The van der Waals surface area contributed by atoms with Crippen LogP contribution in [0.1, 0.15) is 35.2 Å². The van der Waals surface area contributed by atoms with Crippen molar-refractivity contribution in [2.75, 3.05) is 40.3 Å². The van der Waals surface area contributed by atoms with Crippen LogP contribution in [-0.4, -0.2) is 68.7 Å². The van der Waals surface area contributed by atoms with Gasteiger partial charge < -0.3 is 9.80 Å². The Morgan fingerprint density at radius 2 is 1.62 bits per heavy atom. The van der Waals surface area contributed by atoms with Gasteiger partial charge in [-0.05, 0) is 62.8 Å². The van der Waals surface area contributed by atoms with Gasteiger partial charge >= 0.3 is 0 Å². The van der Waals surface area contributed by atoms with Gasteiger partial charge in [0.15, 0.2) is 0 Å². The summed E-state index contributed by atoms with van der Waals surface area (Å²) in [7, 11) is -0.273. The van der Waals surface area contributed by atoms with Crippen molar-refractivity contribution in [2.24, 2.45) is 0 Å². The first kappa shape index (κ1) is 24.3. The summed E-state index contributed by atoms with van der Waals surface area (Å²) in [4.78, 5) is 16.3. The molecular weight excluding hydrogens is 436 g/mol. The van der Waals surface area contributed by atoms with Crippen LogP contribution < -0.4 is 0 Å². The number of halogens is 2. The van der Waals surface area contributed by atoms with E-state index in [9.17, 15) is 22.0 Å². The summed E-state index contributed by atoms with van der Waals surface area (Å²) in [6.45, 7) is 1.86. The van der Waals surface area contributed by atoms with Gasteiger partial charge in [-0.15, -0.1) is 0 Å². The maximum atomic E-state index is 14.6. The van der Waals surface area contributed by atoms with Gasteiger partial charge in [-0.2, -0.15) is 4.31 Å². The predicted molar refractivity (Wildman–Crippen MR) is 119 cm³/mol. The Morgan fingerprint density at radius 3 is 2.25 bits per heavy atom. The Labute approximate surface area is 188 Å². The molecule has 0 N–H and O–H groups in total. The quantitative estimate of drug-likeness (QED) is 0.600. The van der Waals surface area contributed by atoms with Crippen molar-refractivity contribution in [3.8, 4) is 0 Å². The molecule has 0 spiro atoms. The third-order valence-corrected chi connectivity index (χ3v) is 7.42. The van der Waals surface area contributed by atoms with E-state index in [0.717, 1.165) is 37.0 Å². The molecule has 1 aliphatic rings. The molecule has 1 aliphatic heterocycles. The fraction of sp³-hybridized carbons (Fsp3) is 0.435. The van der Waals surface area contributed by atoms with Crippen molar-refractivity contribution in [3.63, 3.8) is 0 Å². The average Bonchev–Trinajstić information content (AvgIpc) is 2.78. The molecule has 0 aromatic heterocycles. The molecule has 1 amide bonds. The molecule has 3 rings (SSSR count). The number of sulfonamides is 1. The Hall–Kier alpha value is -2.36. The number of rotatable bonds is 8. The van der Waals surface area contributed by atoms with Gasteiger partial charge in [0.2, 0.25) is 10.0 Å². The van der Waals surface area contributed by atoms with E-state index in [2.05, 4.69) is 0 Å². The first-order valence-corrected chi connectivity index (χ1v) is 12.1. The molecule has 2 aromatic carbocycles. The zero-order valence-electron chi connectivity index (χ0n) is 18.4. The van der Waals surface area contributed by atoms with E-state index < -0.39 is 26.6 Å². The van der Waals surface area contributed by atoms with Gasteiger partial charge in [0.1, 0.15) is 16.5 Å². The lowest BCUT2D eigenvalue weighted by molar-refractivity contribution is 0.0731. The highest BCUT2D eigenvalue weighted by Gasteiger charge is 2.30. The first-order chi connectivity index (χ1) is 15.2. The van der Waals surface area contributed by atoms with Crippen LogP contribution >= 0.6 is 0 Å². The zero-order chi connectivity index (χ0) is 23.3. The summed E-state index contributed by atoms with van der Waals surface area (Å²) >= 11 is 0. The fourth-order valence-electron chi connectivity index (χ4n) is 3.64. The van der Waals surface area contributed by atoms with E-state index in [1.807, 2.05) is 19.0 Å². The molecule has 2 aromatic rings. The third kappa shape index (κ3) is 5.90.